The third-order valence-corrected chi connectivity index (χ3v) is 4.40. The van der Waals surface area contributed by atoms with Crippen LogP contribution in [0.5, 0.6) is 0 Å². The smallest absolute Gasteiger partial charge is 0.336 e. The van der Waals surface area contributed by atoms with Gasteiger partial charge >= 0.3 is 11.6 Å². The Kier molecular flexibility index (Phi) is 3.21. The maximum Gasteiger partial charge on any atom is 0.336 e. The minimum atomic E-state index is -1.12. The summed E-state index contributed by atoms with van der Waals surface area (Å²) in [6.07, 6.45) is 0. The van der Waals surface area contributed by atoms with Gasteiger partial charge in [0.15, 0.2) is 0 Å². The maximum atomic E-state index is 12.9. The lowest BCUT2D eigenvalue weighted by atomic mass is 10.0. The molecule has 0 aliphatic carbocycles. The van der Waals surface area contributed by atoms with E-state index in [4.69, 9.17) is 4.42 Å². The van der Waals surface area contributed by atoms with Gasteiger partial charge in [-0.2, -0.15) is 0 Å². The Morgan fingerprint density at radius 1 is 1.16 bits per heavy atom. The average Bonchev–Trinajstić information content (AvgIpc) is 2.91. The SMILES string of the molecule is Cc1cc2oc(=O)ccc2cc1N1Cc2cccc(C(=O)O)c2C1=O. The molecule has 6 heteroatoms. The molecule has 0 spiro atoms. The zero-order chi connectivity index (χ0) is 17.7. The molecular formula is C19H13NO5. The van der Waals surface area contributed by atoms with Crippen molar-refractivity contribution in [3.63, 3.8) is 0 Å². The van der Waals surface area contributed by atoms with Crippen LogP contribution in [0.2, 0.25) is 0 Å². The Morgan fingerprint density at radius 3 is 2.72 bits per heavy atom. The van der Waals surface area contributed by atoms with Gasteiger partial charge in [0.25, 0.3) is 5.91 Å². The highest BCUT2D eigenvalue weighted by Gasteiger charge is 2.33. The first-order valence-corrected chi connectivity index (χ1v) is 7.67. The fraction of sp³-hybridized carbons (Fsp3) is 0.105. The summed E-state index contributed by atoms with van der Waals surface area (Å²) in [6, 6.07) is 11.3. The number of carbonyl (C=O) groups excluding carboxylic acids is 1. The number of fused-ring (bicyclic) bond motifs is 2. The molecule has 0 saturated heterocycles. The van der Waals surface area contributed by atoms with E-state index in [1.165, 1.54) is 12.1 Å². The Bertz CT molecular complexity index is 1110. The van der Waals surface area contributed by atoms with Gasteiger partial charge < -0.3 is 14.4 Å². The van der Waals surface area contributed by atoms with Gasteiger partial charge in [0.1, 0.15) is 5.58 Å². The topological polar surface area (TPSA) is 87.8 Å². The quantitative estimate of drug-likeness (QED) is 0.728. The fourth-order valence-electron chi connectivity index (χ4n) is 3.23. The lowest BCUT2D eigenvalue weighted by Gasteiger charge is -2.19. The number of hydrogen-bond acceptors (Lipinski definition) is 4. The predicted octanol–water partition coefficient (Wildman–Crippen LogP) is 2.96. The van der Waals surface area contributed by atoms with E-state index in [0.29, 0.717) is 28.8 Å². The van der Waals surface area contributed by atoms with Crippen LogP contribution in [0.15, 0.2) is 51.7 Å². The zero-order valence-electron chi connectivity index (χ0n) is 13.3. The van der Waals surface area contributed by atoms with Crippen molar-refractivity contribution in [2.24, 2.45) is 0 Å². The molecule has 1 amide bonds. The Labute approximate surface area is 141 Å². The first-order valence-electron chi connectivity index (χ1n) is 7.67. The number of nitrogens with zero attached hydrogens (tertiary/aromatic N) is 1. The summed E-state index contributed by atoms with van der Waals surface area (Å²) in [5.41, 5.74) is 2.37. The van der Waals surface area contributed by atoms with Gasteiger partial charge in [-0.05, 0) is 42.3 Å². The summed E-state index contributed by atoms with van der Waals surface area (Å²) in [5.74, 6) is -1.46. The highest BCUT2D eigenvalue weighted by atomic mass is 16.4. The molecule has 1 aliphatic heterocycles. The molecule has 0 bridgehead atoms. The largest absolute Gasteiger partial charge is 0.478 e. The standard InChI is InChI=1S/C19H13NO5/c1-10-7-15-11(5-6-16(21)25-15)8-14(10)20-9-12-3-2-4-13(19(23)24)17(12)18(20)22/h2-8H,9H2,1H3,(H,23,24). The van der Waals surface area contributed by atoms with E-state index in [0.717, 1.165) is 5.56 Å². The number of rotatable bonds is 2. The van der Waals surface area contributed by atoms with Gasteiger partial charge in [-0.1, -0.05) is 12.1 Å². The number of anilines is 1. The van der Waals surface area contributed by atoms with E-state index in [2.05, 4.69) is 0 Å². The van der Waals surface area contributed by atoms with Crippen LogP contribution in [0.25, 0.3) is 11.0 Å². The second-order valence-corrected chi connectivity index (χ2v) is 5.97. The van der Waals surface area contributed by atoms with Crippen LogP contribution in [0.3, 0.4) is 0 Å². The molecule has 0 fully saturated rings. The third kappa shape index (κ3) is 2.30. The molecule has 1 aliphatic rings. The number of carboxylic acids is 1. The van der Waals surface area contributed by atoms with E-state index < -0.39 is 11.6 Å². The Balaban J connectivity index is 1.85. The molecule has 0 unspecified atom stereocenters. The number of aromatic carboxylic acids is 1. The lowest BCUT2D eigenvalue weighted by molar-refractivity contribution is 0.0692. The van der Waals surface area contributed by atoms with E-state index in [1.807, 2.05) is 6.92 Å². The number of aryl methyl sites for hydroxylation is 1. The van der Waals surface area contributed by atoms with Crippen molar-refractivity contribution in [3.05, 3.63) is 75.1 Å². The Morgan fingerprint density at radius 2 is 1.96 bits per heavy atom. The monoisotopic (exact) mass is 335 g/mol. The molecule has 1 N–H and O–H groups in total. The van der Waals surface area contributed by atoms with Gasteiger partial charge in [-0.15, -0.1) is 0 Å². The molecule has 1 aromatic heterocycles. The molecule has 25 heavy (non-hydrogen) atoms. The number of carboxylic acid groups (broad SMARTS) is 1. The molecule has 2 aromatic carbocycles. The molecule has 0 saturated carbocycles. The lowest BCUT2D eigenvalue weighted by Crippen LogP contribution is -2.24. The summed E-state index contributed by atoms with van der Waals surface area (Å²) >= 11 is 0. The van der Waals surface area contributed by atoms with Crippen LogP contribution in [0.4, 0.5) is 5.69 Å². The first kappa shape index (κ1) is 15.1. The average molecular weight is 335 g/mol. The highest BCUT2D eigenvalue weighted by Crippen LogP contribution is 2.34. The van der Waals surface area contributed by atoms with Crippen molar-refractivity contribution < 1.29 is 19.1 Å². The van der Waals surface area contributed by atoms with E-state index in [1.54, 1.807) is 35.2 Å². The third-order valence-electron chi connectivity index (χ3n) is 4.40. The highest BCUT2D eigenvalue weighted by molar-refractivity contribution is 6.15. The summed E-state index contributed by atoms with van der Waals surface area (Å²) in [5, 5.41) is 10.0. The molecule has 0 radical (unpaired) electrons. The van der Waals surface area contributed by atoms with Crippen molar-refractivity contribution >= 4 is 28.5 Å². The van der Waals surface area contributed by atoms with Crippen molar-refractivity contribution in [2.45, 2.75) is 13.5 Å². The fourth-order valence-corrected chi connectivity index (χ4v) is 3.23. The number of benzene rings is 2. The normalized spacial score (nSPS) is 13.3. The predicted molar refractivity (Wildman–Crippen MR) is 91.1 cm³/mol. The van der Waals surface area contributed by atoms with Gasteiger partial charge in [0, 0.05) is 17.1 Å². The molecule has 0 atom stereocenters. The van der Waals surface area contributed by atoms with Crippen molar-refractivity contribution in [1.29, 1.82) is 0 Å². The number of carbonyl (C=O) groups is 2. The number of amides is 1. The van der Waals surface area contributed by atoms with Gasteiger partial charge in [0.2, 0.25) is 0 Å². The minimum absolute atomic E-state index is 0.00874. The van der Waals surface area contributed by atoms with Crippen LogP contribution < -0.4 is 10.5 Å². The van der Waals surface area contributed by atoms with Crippen LogP contribution in [-0.2, 0) is 6.54 Å². The van der Waals surface area contributed by atoms with Crippen LogP contribution >= 0.6 is 0 Å². The van der Waals surface area contributed by atoms with Crippen LogP contribution in [-0.4, -0.2) is 17.0 Å². The summed E-state index contributed by atoms with van der Waals surface area (Å²) in [6.45, 7) is 2.12. The van der Waals surface area contributed by atoms with Crippen molar-refractivity contribution in [3.8, 4) is 0 Å². The molecule has 6 nitrogen and oxygen atoms in total. The van der Waals surface area contributed by atoms with Crippen LogP contribution in [0, 0.1) is 6.92 Å². The summed E-state index contributed by atoms with van der Waals surface area (Å²) in [7, 11) is 0. The maximum absolute atomic E-state index is 12.9. The van der Waals surface area contributed by atoms with E-state index in [-0.39, 0.29) is 17.0 Å². The van der Waals surface area contributed by atoms with Crippen molar-refractivity contribution in [2.75, 3.05) is 4.90 Å². The van der Waals surface area contributed by atoms with E-state index >= 15 is 0 Å². The molecule has 4 rings (SSSR count). The Hall–Kier alpha value is -3.41. The second-order valence-electron chi connectivity index (χ2n) is 5.97. The van der Waals surface area contributed by atoms with Gasteiger partial charge in [0.05, 0.1) is 17.7 Å². The molecule has 2 heterocycles. The minimum Gasteiger partial charge on any atom is -0.478 e. The second kappa shape index (κ2) is 5.31. The molecule has 3 aromatic rings. The molecule has 124 valence electrons. The summed E-state index contributed by atoms with van der Waals surface area (Å²) in [4.78, 5) is 37.2. The number of hydrogen-bond donors (Lipinski definition) is 1. The molecular weight excluding hydrogens is 322 g/mol. The van der Waals surface area contributed by atoms with Crippen molar-refractivity contribution in [1.82, 2.24) is 0 Å². The van der Waals surface area contributed by atoms with Gasteiger partial charge in [-0.25, -0.2) is 9.59 Å². The zero-order valence-corrected chi connectivity index (χ0v) is 13.3. The van der Waals surface area contributed by atoms with E-state index in [9.17, 15) is 19.5 Å². The summed E-state index contributed by atoms with van der Waals surface area (Å²) < 4.78 is 5.16. The van der Waals surface area contributed by atoms with Gasteiger partial charge in [-0.3, -0.25) is 4.79 Å². The first-order chi connectivity index (χ1) is 12.0. The van der Waals surface area contributed by atoms with Crippen LogP contribution in [0.1, 0.15) is 31.8 Å².